The van der Waals surface area contributed by atoms with Gasteiger partial charge < -0.3 is 9.72 Å². The van der Waals surface area contributed by atoms with Crippen LogP contribution in [0.5, 0.6) is 5.75 Å². The molecule has 4 rings (SSSR count). The van der Waals surface area contributed by atoms with Crippen LogP contribution in [0.2, 0.25) is 0 Å². The Bertz CT molecular complexity index is 985. The second kappa shape index (κ2) is 7.01. The maximum absolute atomic E-state index is 14.2. The van der Waals surface area contributed by atoms with Gasteiger partial charge >= 0.3 is 0 Å². The van der Waals surface area contributed by atoms with E-state index in [1.54, 1.807) is 23.5 Å². The SMILES string of the molecule is COc1cccc(F)c1CN1CCc2nc(-c3cccs3)[nH]c(=O)c2C1. The first-order valence-corrected chi connectivity index (χ1v) is 9.23. The van der Waals surface area contributed by atoms with E-state index in [4.69, 9.17) is 4.74 Å². The van der Waals surface area contributed by atoms with Gasteiger partial charge in [-0.3, -0.25) is 9.69 Å². The summed E-state index contributed by atoms with van der Waals surface area (Å²) in [7, 11) is 1.53. The van der Waals surface area contributed by atoms with Crippen molar-refractivity contribution in [2.24, 2.45) is 0 Å². The molecule has 0 radical (unpaired) electrons. The summed E-state index contributed by atoms with van der Waals surface area (Å²) in [6.45, 7) is 1.55. The predicted octanol–water partition coefficient (Wildman–Crippen LogP) is 3.20. The van der Waals surface area contributed by atoms with Crippen LogP contribution in [0.3, 0.4) is 0 Å². The Balaban J connectivity index is 1.60. The normalized spacial score (nSPS) is 14.2. The Morgan fingerprint density at radius 3 is 3.00 bits per heavy atom. The Kier molecular flexibility index (Phi) is 4.57. The first-order chi connectivity index (χ1) is 12.7. The van der Waals surface area contributed by atoms with Crippen molar-refractivity contribution in [3.05, 3.63) is 68.7 Å². The molecule has 5 nitrogen and oxygen atoms in total. The minimum Gasteiger partial charge on any atom is -0.496 e. The number of halogens is 1. The second-order valence-corrected chi connectivity index (χ2v) is 7.15. The minimum absolute atomic E-state index is 0.122. The molecule has 0 spiro atoms. The summed E-state index contributed by atoms with van der Waals surface area (Å²) in [5, 5.41) is 1.96. The fraction of sp³-hybridized carbons (Fsp3) is 0.263. The Hall–Kier alpha value is -2.51. The molecular formula is C19H18FN3O2S. The van der Waals surface area contributed by atoms with Crippen LogP contribution in [0, 0.1) is 5.82 Å². The zero-order chi connectivity index (χ0) is 18.1. The molecule has 0 fully saturated rings. The van der Waals surface area contributed by atoms with Gasteiger partial charge in [0.1, 0.15) is 11.6 Å². The second-order valence-electron chi connectivity index (χ2n) is 6.20. The van der Waals surface area contributed by atoms with Gasteiger partial charge in [0.05, 0.1) is 23.2 Å². The summed E-state index contributed by atoms with van der Waals surface area (Å²) in [5.74, 6) is 0.846. The smallest absolute Gasteiger partial charge is 0.255 e. The molecule has 0 bridgehead atoms. The number of nitrogens with zero attached hydrogens (tertiary/aromatic N) is 2. The lowest BCUT2D eigenvalue weighted by Crippen LogP contribution is -2.35. The molecule has 134 valence electrons. The van der Waals surface area contributed by atoms with E-state index in [2.05, 4.69) is 9.97 Å². The molecule has 1 aliphatic rings. The molecule has 3 heterocycles. The monoisotopic (exact) mass is 371 g/mol. The molecular weight excluding hydrogens is 353 g/mol. The van der Waals surface area contributed by atoms with Gasteiger partial charge in [0.2, 0.25) is 0 Å². The zero-order valence-corrected chi connectivity index (χ0v) is 15.1. The van der Waals surface area contributed by atoms with Crippen molar-refractivity contribution < 1.29 is 9.13 Å². The molecule has 0 unspecified atom stereocenters. The molecule has 1 aromatic carbocycles. The average molecular weight is 371 g/mol. The van der Waals surface area contributed by atoms with Crippen LogP contribution >= 0.6 is 11.3 Å². The van der Waals surface area contributed by atoms with Crippen molar-refractivity contribution in [3.63, 3.8) is 0 Å². The van der Waals surface area contributed by atoms with Crippen molar-refractivity contribution in [3.8, 4) is 16.5 Å². The molecule has 2 aromatic heterocycles. The molecule has 0 atom stereocenters. The highest BCUT2D eigenvalue weighted by Crippen LogP contribution is 2.26. The van der Waals surface area contributed by atoms with Crippen molar-refractivity contribution in [1.29, 1.82) is 0 Å². The number of hydrogen-bond acceptors (Lipinski definition) is 5. The number of fused-ring (bicyclic) bond motifs is 1. The van der Waals surface area contributed by atoms with E-state index in [1.807, 2.05) is 22.4 Å². The van der Waals surface area contributed by atoms with E-state index in [9.17, 15) is 9.18 Å². The van der Waals surface area contributed by atoms with Crippen molar-refractivity contribution in [2.75, 3.05) is 13.7 Å². The fourth-order valence-electron chi connectivity index (χ4n) is 3.25. The van der Waals surface area contributed by atoms with Crippen LogP contribution in [0.25, 0.3) is 10.7 Å². The van der Waals surface area contributed by atoms with E-state index in [1.165, 1.54) is 13.2 Å². The van der Waals surface area contributed by atoms with Gasteiger partial charge in [-0.25, -0.2) is 9.37 Å². The highest BCUT2D eigenvalue weighted by Gasteiger charge is 2.23. The third kappa shape index (κ3) is 3.15. The van der Waals surface area contributed by atoms with E-state index >= 15 is 0 Å². The van der Waals surface area contributed by atoms with Crippen LogP contribution in [0.1, 0.15) is 16.8 Å². The van der Waals surface area contributed by atoms with Crippen LogP contribution < -0.4 is 10.3 Å². The number of ether oxygens (including phenoxy) is 1. The highest BCUT2D eigenvalue weighted by molar-refractivity contribution is 7.13. The predicted molar refractivity (Wildman–Crippen MR) is 98.9 cm³/mol. The Morgan fingerprint density at radius 2 is 2.23 bits per heavy atom. The van der Waals surface area contributed by atoms with Gasteiger partial charge in [0.25, 0.3) is 5.56 Å². The summed E-state index contributed by atoms with van der Waals surface area (Å²) in [6.07, 6.45) is 0.661. The molecule has 1 N–H and O–H groups in total. The molecule has 0 aliphatic carbocycles. The van der Waals surface area contributed by atoms with E-state index < -0.39 is 0 Å². The summed E-state index contributed by atoms with van der Waals surface area (Å²) in [6, 6.07) is 8.68. The number of thiophene rings is 1. The first-order valence-electron chi connectivity index (χ1n) is 8.35. The molecule has 7 heteroatoms. The zero-order valence-electron chi connectivity index (χ0n) is 14.3. The van der Waals surface area contributed by atoms with E-state index in [0.717, 1.165) is 10.6 Å². The van der Waals surface area contributed by atoms with Gasteiger partial charge in [-0.2, -0.15) is 0 Å². The summed E-state index contributed by atoms with van der Waals surface area (Å²) in [4.78, 5) is 23.1. The van der Waals surface area contributed by atoms with Crippen LogP contribution in [0.4, 0.5) is 4.39 Å². The Morgan fingerprint density at radius 1 is 1.35 bits per heavy atom. The van der Waals surface area contributed by atoms with Gasteiger partial charge in [-0.05, 0) is 23.6 Å². The Labute approximate surface area is 154 Å². The van der Waals surface area contributed by atoms with E-state index in [0.29, 0.717) is 48.8 Å². The lowest BCUT2D eigenvalue weighted by atomic mass is 10.1. The molecule has 0 amide bonds. The number of benzene rings is 1. The number of nitrogens with one attached hydrogen (secondary N) is 1. The lowest BCUT2D eigenvalue weighted by Gasteiger charge is -2.28. The van der Waals surface area contributed by atoms with Crippen LogP contribution in [0.15, 0.2) is 40.5 Å². The topological polar surface area (TPSA) is 58.2 Å². The van der Waals surface area contributed by atoms with Gasteiger partial charge in [0.15, 0.2) is 5.82 Å². The summed E-state index contributed by atoms with van der Waals surface area (Å²) in [5.41, 5.74) is 1.88. The number of hydrogen-bond donors (Lipinski definition) is 1. The molecule has 1 aliphatic heterocycles. The largest absolute Gasteiger partial charge is 0.496 e. The standard InChI is InChI=1S/C19H18FN3O2S/c1-25-16-5-2-4-14(20)12(16)10-23-8-7-15-13(11-23)19(24)22-18(21-15)17-6-3-9-26-17/h2-6,9H,7-8,10-11H2,1H3,(H,21,22,24). The van der Waals surface area contributed by atoms with Crippen LogP contribution in [-0.4, -0.2) is 28.5 Å². The van der Waals surface area contributed by atoms with E-state index in [-0.39, 0.29) is 11.4 Å². The third-order valence-corrected chi connectivity index (χ3v) is 5.46. The third-order valence-electron chi connectivity index (χ3n) is 4.58. The highest BCUT2D eigenvalue weighted by atomic mass is 32.1. The first kappa shape index (κ1) is 16.9. The van der Waals surface area contributed by atoms with Gasteiger partial charge in [-0.15, -0.1) is 11.3 Å². The quantitative estimate of drug-likeness (QED) is 0.765. The molecule has 0 saturated heterocycles. The summed E-state index contributed by atoms with van der Waals surface area (Å²) < 4.78 is 19.5. The maximum Gasteiger partial charge on any atom is 0.255 e. The number of aromatic nitrogens is 2. The molecule has 3 aromatic rings. The number of rotatable bonds is 4. The van der Waals surface area contributed by atoms with Crippen molar-refractivity contribution in [1.82, 2.24) is 14.9 Å². The maximum atomic E-state index is 14.2. The van der Waals surface area contributed by atoms with Gasteiger partial charge in [0, 0.05) is 31.6 Å². The van der Waals surface area contributed by atoms with Crippen molar-refractivity contribution in [2.45, 2.75) is 19.5 Å². The van der Waals surface area contributed by atoms with Gasteiger partial charge in [-0.1, -0.05) is 12.1 Å². The molecule has 0 saturated carbocycles. The van der Waals surface area contributed by atoms with Crippen molar-refractivity contribution >= 4 is 11.3 Å². The number of methoxy groups -OCH3 is 1. The minimum atomic E-state index is -0.296. The molecule has 26 heavy (non-hydrogen) atoms. The lowest BCUT2D eigenvalue weighted by molar-refractivity contribution is 0.234. The number of aromatic amines is 1. The average Bonchev–Trinajstić information content (AvgIpc) is 3.18. The fourth-order valence-corrected chi connectivity index (χ4v) is 3.92. The summed E-state index contributed by atoms with van der Waals surface area (Å²) >= 11 is 1.54. The van der Waals surface area contributed by atoms with Crippen LogP contribution in [-0.2, 0) is 19.5 Å². The number of H-pyrrole nitrogens is 1.